The molecule has 0 atom stereocenters. The van der Waals surface area contributed by atoms with Crippen molar-refractivity contribution in [3.05, 3.63) is 29.8 Å². The van der Waals surface area contributed by atoms with Crippen LogP contribution in [0.4, 0.5) is 13.2 Å². The standard InChI is InChI=1S/C23H35F3N2O3S/c24-23(25,26)20-8-12-22(13-9-20)32(29,30)27-18-19-6-10-21(11-7-19)31-17-4-2-1-3-14-28-15-5-16-28/h8-9,12-13,19,21,27H,1-7,10-11,14-18H2. The third-order valence-electron chi connectivity index (χ3n) is 6.52. The van der Waals surface area contributed by atoms with Crippen LogP contribution in [0, 0.1) is 5.92 Å². The number of alkyl halides is 3. The molecule has 1 aliphatic carbocycles. The molecule has 5 nitrogen and oxygen atoms in total. The Kier molecular flexibility index (Phi) is 9.40. The lowest BCUT2D eigenvalue weighted by atomic mass is 9.87. The van der Waals surface area contributed by atoms with Crippen LogP contribution in [-0.2, 0) is 20.9 Å². The van der Waals surface area contributed by atoms with Crippen molar-refractivity contribution in [2.24, 2.45) is 5.92 Å². The number of halogens is 3. The molecule has 2 fully saturated rings. The summed E-state index contributed by atoms with van der Waals surface area (Å²) in [4.78, 5) is 2.35. The predicted octanol–water partition coefficient (Wildman–Crippen LogP) is 4.83. The molecule has 9 heteroatoms. The molecule has 32 heavy (non-hydrogen) atoms. The highest BCUT2D eigenvalue weighted by Gasteiger charge is 2.31. The molecule has 1 saturated carbocycles. The summed E-state index contributed by atoms with van der Waals surface area (Å²) in [5, 5.41) is 0. The molecule has 1 aliphatic heterocycles. The molecule has 1 heterocycles. The minimum atomic E-state index is -4.48. The van der Waals surface area contributed by atoms with Gasteiger partial charge in [-0.2, -0.15) is 13.2 Å². The molecule has 0 aromatic heterocycles. The average Bonchev–Trinajstić information content (AvgIpc) is 2.73. The number of ether oxygens (including phenoxy) is 1. The third-order valence-corrected chi connectivity index (χ3v) is 7.96. The third kappa shape index (κ3) is 8.01. The maximum absolute atomic E-state index is 12.6. The summed E-state index contributed by atoms with van der Waals surface area (Å²) in [5.74, 6) is 0.223. The van der Waals surface area contributed by atoms with E-state index in [1.165, 1.54) is 45.3 Å². The van der Waals surface area contributed by atoms with Gasteiger partial charge in [0.15, 0.2) is 0 Å². The van der Waals surface area contributed by atoms with Crippen LogP contribution in [0.2, 0.25) is 0 Å². The van der Waals surface area contributed by atoms with Crippen LogP contribution in [0.3, 0.4) is 0 Å². The van der Waals surface area contributed by atoms with Gasteiger partial charge in [-0.3, -0.25) is 0 Å². The molecule has 1 saturated heterocycles. The number of unbranched alkanes of at least 4 members (excludes halogenated alkanes) is 3. The number of hydrogen-bond donors (Lipinski definition) is 1. The van der Waals surface area contributed by atoms with Crippen molar-refractivity contribution < 1.29 is 26.3 Å². The Morgan fingerprint density at radius 1 is 0.969 bits per heavy atom. The zero-order chi connectivity index (χ0) is 23.0. The summed E-state index contributed by atoms with van der Waals surface area (Å²) in [6, 6.07) is 3.59. The second kappa shape index (κ2) is 11.8. The highest BCUT2D eigenvalue weighted by molar-refractivity contribution is 7.89. The first kappa shape index (κ1) is 25.5. The van der Waals surface area contributed by atoms with Crippen LogP contribution in [0.15, 0.2) is 29.2 Å². The summed E-state index contributed by atoms with van der Waals surface area (Å²) in [7, 11) is -3.82. The van der Waals surface area contributed by atoms with E-state index in [4.69, 9.17) is 4.74 Å². The van der Waals surface area contributed by atoms with Crippen molar-refractivity contribution in [1.29, 1.82) is 0 Å². The maximum Gasteiger partial charge on any atom is 0.416 e. The first-order valence-corrected chi connectivity index (χ1v) is 13.2. The van der Waals surface area contributed by atoms with E-state index in [-0.39, 0.29) is 16.9 Å². The van der Waals surface area contributed by atoms with Crippen molar-refractivity contribution in [3.63, 3.8) is 0 Å². The van der Waals surface area contributed by atoms with E-state index >= 15 is 0 Å². The Bertz CT molecular complexity index is 788. The molecule has 182 valence electrons. The van der Waals surface area contributed by atoms with Crippen molar-refractivity contribution in [2.75, 3.05) is 32.8 Å². The van der Waals surface area contributed by atoms with E-state index in [9.17, 15) is 21.6 Å². The molecule has 1 N–H and O–H groups in total. The molecule has 0 radical (unpaired) electrons. The Morgan fingerprint density at radius 2 is 1.62 bits per heavy atom. The predicted molar refractivity (Wildman–Crippen MR) is 118 cm³/mol. The summed E-state index contributed by atoms with van der Waals surface area (Å²) < 4.78 is 71.3. The second-order valence-electron chi connectivity index (χ2n) is 9.00. The number of hydrogen-bond acceptors (Lipinski definition) is 4. The van der Waals surface area contributed by atoms with Gasteiger partial charge in [-0.15, -0.1) is 0 Å². The Hall–Kier alpha value is -1.16. The minimum Gasteiger partial charge on any atom is -0.378 e. The van der Waals surface area contributed by atoms with Crippen LogP contribution >= 0.6 is 0 Å². The smallest absolute Gasteiger partial charge is 0.378 e. The molecule has 2 aliphatic rings. The zero-order valence-electron chi connectivity index (χ0n) is 18.6. The molecule has 1 aromatic carbocycles. The summed E-state index contributed by atoms with van der Waals surface area (Å²) >= 11 is 0. The Morgan fingerprint density at radius 3 is 2.22 bits per heavy atom. The second-order valence-corrected chi connectivity index (χ2v) is 10.8. The van der Waals surface area contributed by atoms with Gasteiger partial charge in [0.1, 0.15) is 0 Å². The van der Waals surface area contributed by atoms with Crippen molar-refractivity contribution in [3.8, 4) is 0 Å². The first-order valence-electron chi connectivity index (χ1n) is 11.7. The molecule has 1 aromatic rings. The highest BCUT2D eigenvalue weighted by atomic mass is 32.2. The number of nitrogens with one attached hydrogen (secondary N) is 1. The molecular formula is C23H35F3N2O3S. The largest absolute Gasteiger partial charge is 0.416 e. The van der Waals surface area contributed by atoms with E-state index in [1.54, 1.807) is 0 Å². The zero-order valence-corrected chi connectivity index (χ0v) is 19.4. The van der Waals surface area contributed by atoms with Crippen LogP contribution in [0.5, 0.6) is 0 Å². The normalized spacial score (nSPS) is 22.6. The van der Waals surface area contributed by atoms with Gasteiger partial charge in [0.05, 0.1) is 16.6 Å². The van der Waals surface area contributed by atoms with Gasteiger partial charge in [0.25, 0.3) is 0 Å². The SMILES string of the molecule is O=S(=O)(NCC1CCC(OCCCCCCN2CCC2)CC1)c1ccc(C(F)(F)F)cc1. The van der Waals surface area contributed by atoms with Crippen LogP contribution in [0.25, 0.3) is 0 Å². The van der Waals surface area contributed by atoms with Gasteiger partial charge in [-0.1, -0.05) is 12.8 Å². The molecule has 0 amide bonds. The van der Waals surface area contributed by atoms with Gasteiger partial charge in [0, 0.05) is 13.2 Å². The highest BCUT2D eigenvalue weighted by Crippen LogP contribution is 2.30. The van der Waals surface area contributed by atoms with Crippen molar-refractivity contribution in [1.82, 2.24) is 9.62 Å². The van der Waals surface area contributed by atoms with Crippen molar-refractivity contribution >= 4 is 10.0 Å². The fraction of sp³-hybridized carbons (Fsp3) is 0.739. The fourth-order valence-corrected chi connectivity index (χ4v) is 5.40. The first-order chi connectivity index (χ1) is 15.2. The summed E-state index contributed by atoms with van der Waals surface area (Å²) in [5.41, 5.74) is -0.860. The van der Waals surface area contributed by atoms with E-state index in [2.05, 4.69) is 9.62 Å². The van der Waals surface area contributed by atoms with E-state index in [0.717, 1.165) is 63.0 Å². The molecule has 0 bridgehead atoms. The quantitative estimate of drug-likeness (QED) is 0.439. The Labute approximate surface area is 189 Å². The van der Waals surface area contributed by atoms with Gasteiger partial charge < -0.3 is 9.64 Å². The number of sulfonamides is 1. The molecule has 0 unspecified atom stereocenters. The van der Waals surface area contributed by atoms with Crippen LogP contribution in [-0.4, -0.2) is 52.2 Å². The van der Waals surface area contributed by atoms with Gasteiger partial charge in [-0.05, 0) is 94.8 Å². The van der Waals surface area contributed by atoms with Gasteiger partial charge in [0.2, 0.25) is 10.0 Å². The molecular weight excluding hydrogens is 441 g/mol. The van der Waals surface area contributed by atoms with Gasteiger partial charge >= 0.3 is 6.18 Å². The van der Waals surface area contributed by atoms with E-state index in [0.29, 0.717) is 6.54 Å². The molecule has 3 rings (SSSR count). The number of likely N-dealkylation sites (tertiary alicyclic amines) is 1. The Balaban J connectivity index is 1.27. The number of rotatable bonds is 12. The lowest BCUT2D eigenvalue weighted by molar-refractivity contribution is -0.137. The van der Waals surface area contributed by atoms with E-state index < -0.39 is 21.8 Å². The minimum absolute atomic E-state index is 0.146. The topological polar surface area (TPSA) is 58.6 Å². The van der Waals surface area contributed by atoms with Crippen LogP contribution < -0.4 is 4.72 Å². The average molecular weight is 477 g/mol. The fourth-order valence-electron chi connectivity index (χ4n) is 4.28. The van der Waals surface area contributed by atoms with E-state index in [1.807, 2.05) is 0 Å². The van der Waals surface area contributed by atoms with Crippen molar-refractivity contribution in [2.45, 2.75) is 75.0 Å². The summed E-state index contributed by atoms with van der Waals surface area (Å²) in [6.07, 6.45) is 5.54. The van der Waals surface area contributed by atoms with Crippen LogP contribution in [0.1, 0.15) is 63.4 Å². The number of nitrogens with zero attached hydrogens (tertiary/aromatic N) is 1. The molecule has 0 spiro atoms. The maximum atomic E-state index is 12.6. The number of benzene rings is 1. The summed E-state index contributed by atoms with van der Waals surface area (Å²) in [6.45, 7) is 4.85. The lowest BCUT2D eigenvalue weighted by Crippen LogP contribution is -2.37. The lowest BCUT2D eigenvalue weighted by Gasteiger charge is -2.30. The van der Waals surface area contributed by atoms with Gasteiger partial charge in [-0.25, -0.2) is 13.1 Å². The monoisotopic (exact) mass is 476 g/mol.